The van der Waals surface area contributed by atoms with Gasteiger partial charge < -0.3 is 4.90 Å². The van der Waals surface area contributed by atoms with Gasteiger partial charge in [0.1, 0.15) is 5.52 Å². The molecular weight excluding hydrogens is 314 g/mol. The summed E-state index contributed by atoms with van der Waals surface area (Å²) in [5.41, 5.74) is 3.68. The molecule has 0 N–H and O–H groups in total. The van der Waals surface area contributed by atoms with Gasteiger partial charge in [-0.3, -0.25) is 9.97 Å². The fourth-order valence-corrected chi connectivity index (χ4v) is 3.53. The Labute approximate surface area is 128 Å². The second kappa shape index (κ2) is 5.32. The summed E-state index contributed by atoms with van der Waals surface area (Å²) in [4.78, 5) is 11.5. The summed E-state index contributed by atoms with van der Waals surface area (Å²) in [6, 6.07) is 4.14. The van der Waals surface area contributed by atoms with Crippen LogP contribution in [0.3, 0.4) is 0 Å². The number of nitrogens with zero attached hydrogens (tertiary/aromatic N) is 3. The van der Waals surface area contributed by atoms with Crippen molar-refractivity contribution in [1.82, 2.24) is 9.97 Å². The number of hydrogen-bond acceptors (Lipinski definition) is 3. The molecule has 0 spiro atoms. The van der Waals surface area contributed by atoms with Crippen molar-refractivity contribution >= 4 is 32.7 Å². The van der Waals surface area contributed by atoms with E-state index < -0.39 is 0 Å². The van der Waals surface area contributed by atoms with Crippen LogP contribution in [-0.2, 0) is 0 Å². The van der Waals surface area contributed by atoms with Gasteiger partial charge >= 0.3 is 0 Å². The van der Waals surface area contributed by atoms with E-state index >= 15 is 0 Å². The van der Waals surface area contributed by atoms with E-state index in [4.69, 9.17) is 0 Å². The third-order valence-electron chi connectivity index (χ3n) is 4.80. The molecule has 2 aromatic heterocycles. The maximum Gasteiger partial charge on any atom is 0.112 e. The zero-order valence-corrected chi connectivity index (χ0v) is 13.7. The smallest absolute Gasteiger partial charge is 0.112 e. The molecule has 1 saturated heterocycles. The highest BCUT2D eigenvalue weighted by molar-refractivity contribution is 9.10. The topological polar surface area (TPSA) is 29.0 Å². The van der Waals surface area contributed by atoms with Crippen molar-refractivity contribution in [2.45, 2.75) is 33.1 Å². The first kappa shape index (κ1) is 13.8. The third-order valence-corrected chi connectivity index (χ3v) is 5.24. The minimum atomic E-state index is 0.477. The standard InChI is InChI=1S/C16H20BrN3/c1-3-16(4-2)6-8-20(11-16)14-5-7-18-13-9-12(17)10-19-15(13)14/h5,7,9-10H,3-4,6,8,11H2,1-2H3. The van der Waals surface area contributed by atoms with E-state index in [1.807, 2.05) is 18.5 Å². The third kappa shape index (κ3) is 2.30. The lowest BCUT2D eigenvalue weighted by atomic mass is 9.82. The molecule has 0 unspecified atom stereocenters. The lowest BCUT2D eigenvalue weighted by Crippen LogP contribution is -2.26. The van der Waals surface area contributed by atoms with Gasteiger partial charge in [-0.2, -0.15) is 0 Å². The summed E-state index contributed by atoms with van der Waals surface area (Å²) in [7, 11) is 0. The summed E-state index contributed by atoms with van der Waals surface area (Å²) >= 11 is 3.46. The number of anilines is 1. The monoisotopic (exact) mass is 333 g/mol. The fourth-order valence-electron chi connectivity index (χ4n) is 3.21. The zero-order chi connectivity index (χ0) is 14.2. The predicted octanol–water partition coefficient (Wildman–Crippen LogP) is 4.41. The average molecular weight is 334 g/mol. The molecule has 3 rings (SSSR count). The van der Waals surface area contributed by atoms with Crippen molar-refractivity contribution < 1.29 is 0 Å². The van der Waals surface area contributed by atoms with Crippen LogP contribution in [-0.4, -0.2) is 23.1 Å². The molecule has 0 radical (unpaired) electrons. The van der Waals surface area contributed by atoms with E-state index in [0.29, 0.717) is 5.41 Å². The van der Waals surface area contributed by atoms with Gasteiger partial charge in [0, 0.05) is 30.0 Å². The van der Waals surface area contributed by atoms with Gasteiger partial charge in [-0.15, -0.1) is 0 Å². The summed E-state index contributed by atoms with van der Waals surface area (Å²) < 4.78 is 0.979. The van der Waals surface area contributed by atoms with Crippen molar-refractivity contribution in [3.8, 4) is 0 Å². The molecule has 1 aliphatic heterocycles. The molecule has 2 aromatic rings. The number of fused-ring (bicyclic) bond motifs is 1. The Hall–Kier alpha value is -1.16. The van der Waals surface area contributed by atoms with Gasteiger partial charge in [-0.05, 0) is 52.7 Å². The highest BCUT2D eigenvalue weighted by Gasteiger charge is 2.35. The number of halogens is 1. The Balaban J connectivity index is 1.99. The van der Waals surface area contributed by atoms with Crippen LogP contribution >= 0.6 is 15.9 Å². The zero-order valence-electron chi connectivity index (χ0n) is 12.1. The maximum atomic E-state index is 4.57. The molecule has 0 aromatic carbocycles. The highest BCUT2D eigenvalue weighted by atomic mass is 79.9. The molecule has 3 nitrogen and oxygen atoms in total. The Morgan fingerprint density at radius 2 is 2.10 bits per heavy atom. The second-order valence-electron chi connectivity index (χ2n) is 5.73. The van der Waals surface area contributed by atoms with E-state index in [1.165, 1.54) is 24.9 Å². The molecular formula is C16H20BrN3. The van der Waals surface area contributed by atoms with Crippen molar-refractivity contribution in [1.29, 1.82) is 0 Å². The normalized spacial score (nSPS) is 17.9. The Morgan fingerprint density at radius 1 is 1.30 bits per heavy atom. The summed E-state index contributed by atoms with van der Waals surface area (Å²) in [6.45, 7) is 6.88. The molecule has 1 fully saturated rings. The van der Waals surface area contributed by atoms with E-state index in [2.05, 4.69) is 50.7 Å². The van der Waals surface area contributed by atoms with Crippen LogP contribution in [0.25, 0.3) is 11.0 Å². The second-order valence-corrected chi connectivity index (χ2v) is 6.65. The van der Waals surface area contributed by atoms with Crippen molar-refractivity contribution in [3.05, 3.63) is 29.0 Å². The molecule has 4 heteroatoms. The van der Waals surface area contributed by atoms with E-state index in [1.54, 1.807) is 0 Å². The molecule has 0 amide bonds. The first-order valence-corrected chi connectivity index (χ1v) is 8.12. The van der Waals surface area contributed by atoms with Gasteiger partial charge in [0.25, 0.3) is 0 Å². The quantitative estimate of drug-likeness (QED) is 0.833. The Morgan fingerprint density at radius 3 is 2.80 bits per heavy atom. The van der Waals surface area contributed by atoms with Crippen LogP contribution in [0.1, 0.15) is 33.1 Å². The van der Waals surface area contributed by atoms with Gasteiger partial charge in [-0.1, -0.05) is 13.8 Å². The molecule has 106 valence electrons. The van der Waals surface area contributed by atoms with Crippen molar-refractivity contribution in [2.75, 3.05) is 18.0 Å². The van der Waals surface area contributed by atoms with Crippen LogP contribution < -0.4 is 4.90 Å². The Bertz CT molecular complexity index is 622. The maximum absolute atomic E-state index is 4.57. The molecule has 3 heterocycles. The first-order chi connectivity index (χ1) is 9.67. The Kier molecular flexibility index (Phi) is 3.67. The van der Waals surface area contributed by atoms with Crippen LogP contribution in [0.5, 0.6) is 0 Å². The summed E-state index contributed by atoms with van der Waals surface area (Å²) in [6.07, 6.45) is 7.53. The lowest BCUT2D eigenvalue weighted by molar-refractivity contribution is 0.301. The van der Waals surface area contributed by atoms with Gasteiger partial charge in [0.15, 0.2) is 0 Å². The van der Waals surface area contributed by atoms with Gasteiger partial charge in [0.2, 0.25) is 0 Å². The minimum Gasteiger partial charge on any atom is -0.369 e. The van der Waals surface area contributed by atoms with E-state index in [-0.39, 0.29) is 0 Å². The number of aromatic nitrogens is 2. The predicted molar refractivity (Wildman–Crippen MR) is 87.1 cm³/mol. The van der Waals surface area contributed by atoms with E-state index in [9.17, 15) is 0 Å². The first-order valence-electron chi connectivity index (χ1n) is 7.33. The van der Waals surface area contributed by atoms with Crippen LogP contribution in [0.4, 0.5) is 5.69 Å². The molecule has 0 aliphatic carbocycles. The van der Waals surface area contributed by atoms with Crippen LogP contribution in [0, 0.1) is 5.41 Å². The molecule has 20 heavy (non-hydrogen) atoms. The minimum absolute atomic E-state index is 0.477. The number of rotatable bonds is 3. The van der Waals surface area contributed by atoms with Crippen LogP contribution in [0.2, 0.25) is 0 Å². The lowest BCUT2D eigenvalue weighted by Gasteiger charge is -2.27. The largest absolute Gasteiger partial charge is 0.369 e. The number of hydrogen-bond donors (Lipinski definition) is 0. The SMILES string of the molecule is CCC1(CC)CCN(c2ccnc3cc(Br)cnc23)C1. The summed E-state index contributed by atoms with van der Waals surface area (Å²) in [5, 5.41) is 0. The van der Waals surface area contributed by atoms with Gasteiger partial charge in [-0.25, -0.2) is 0 Å². The van der Waals surface area contributed by atoms with Crippen molar-refractivity contribution in [2.24, 2.45) is 5.41 Å². The van der Waals surface area contributed by atoms with Crippen LogP contribution in [0.15, 0.2) is 29.0 Å². The molecule has 1 aliphatic rings. The fraction of sp³-hybridized carbons (Fsp3) is 0.500. The molecule has 0 bridgehead atoms. The molecule has 0 atom stereocenters. The average Bonchev–Trinajstić information content (AvgIpc) is 2.91. The van der Waals surface area contributed by atoms with E-state index in [0.717, 1.165) is 28.6 Å². The number of pyridine rings is 2. The van der Waals surface area contributed by atoms with Gasteiger partial charge in [0.05, 0.1) is 11.2 Å². The highest BCUT2D eigenvalue weighted by Crippen LogP contribution is 2.40. The van der Waals surface area contributed by atoms with Crippen molar-refractivity contribution in [3.63, 3.8) is 0 Å². The molecule has 0 saturated carbocycles. The summed E-state index contributed by atoms with van der Waals surface area (Å²) in [5.74, 6) is 0.